The molecule has 0 bridgehead atoms. The zero-order valence-electron chi connectivity index (χ0n) is 29.7. The Hall–Kier alpha value is -4.36. The number of benzene rings is 1. The van der Waals surface area contributed by atoms with Crippen molar-refractivity contribution in [3.05, 3.63) is 58.0 Å². The summed E-state index contributed by atoms with van der Waals surface area (Å²) in [7, 11) is 0. The Morgan fingerprint density at radius 3 is 2.73 bits per heavy atom. The summed E-state index contributed by atoms with van der Waals surface area (Å²) < 4.78 is 0. The maximum absolute atomic E-state index is 13.6. The summed E-state index contributed by atoms with van der Waals surface area (Å²) in [4.78, 5) is 67.9. The molecule has 0 radical (unpaired) electrons. The molecule has 286 valence electrons. The number of phenols is 2. The van der Waals surface area contributed by atoms with E-state index in [4.69, 9.17) is 10.6 Å². The second kappa shape index (κ2) is 16.8. The van der Waals surface area contributed by atoms with Gasteiger partial charge in [0, 0.05) is 34.6 Å². The van der Waals surface area contributed by atoms with Crippen LogP contribution >= 0.6 is 34.9 Å². The van der Waals surface area contributed by atoms with E-state index in [0.29, 0.717) is 22.1 Å². The Bertz CT molecular complexity index is 2040. The first-order chi connectivity index (χ1) is 25.6. The van der Waals surface area contributed by atoms with Crippen LogP contribution in [0, 0.1) is 5.41 Å². The molecule has 2 saturated heterocycles. The summed E-state index contributed by atoms with van der Waals surface area (Å²) in [6.45, 7) is 4.05. The van der Waals surface area contributed by atoms with Crippen LogP contribution in [0.5, 0.6) is 11.5 Å². The number of nitrogen functional groups attached to an aromatic ring is 1. The smallest absolute Gasteiger partial charge is 0.549 e. The fourth-order valence-corrected chi connectivity index (χ4v) is 8.79. The molecule has 0 aliphatic carbocycles. The van der Waals surface area contributed by atoms with Crippen molar-refractivity contribution in [1.82, 2.24) is 36.2 Å². The molecule has 4 aliphatic rings. The number of carboxylic acids is 1. The summed E-state index contributed by atoms with van der Waals surface area (Å²) in [6.07, 6.45) is 4.60. The normalized spacial score (nSPS) is 22.1. The van der Waals surface area contributed by atoms with Gasteiger partial charge in [0.15, 0.2) is 28.2 Å². The summed E-state index contributed by atoms with van der Waals surface area (Å²) in [6, 6.07) is 2.90. The topological polar surface area (TPSA) is 283 Å². The van der Waals surface area contributed by atoms with Crippen molar-refractivity contribution in [3.63, 3.8) is 0 Å². The van der Waals surface area contributed by atoms with Gasteiger partial charge < -0.3 is 46.0 Å². The number of hydrazone groups is 1. The van der Waals surface area contributed by atoms with Gasteiger partial charge in [-0.3, -0.25) is 19.4 Å². The first-order valence-corrected chi connectivity index (χ1v) is 18.8. The fourth-order valence-electron chi connectivity index (χ4n) is 5.32. The number of nitrogens with zero attached hydrogens (tertiary/aromatic N) is 7. The Morgan fingerprint density at radius 1 is 1.29 bits per heavy atom. The van der Waals surface area contributed by atoms with Crippen LogP contribution in [0.25, 0.3) is 0 Å². The first-order valence-electron chi connectivity index (χ1n) is 15.9. The fraction of sp³-hybridized carbons (Fsp3) is 0.355. The van der Waals surface area contributed by atoms with Crippen LogP contribution in [-0.4, -0.2) is 118 Å². The molecule has 2 fully saturated rings. The number of hydrazine groups is 2. The number of thiazole rings is 1. The van der Waals surface area contributed by atoms with E-state index in [2.05, 4.69) is 36.5 Å². The minimum Gasteiger partial charge on any atom is -0.549 e. The number of aliphatic hydroxyl groups is 1. The molecule has 24 heteroatoms. The molecule has 8 N–H and O–H groups in total. The molecule has 0 spiro atoms. The van der Waals surface area contributed by atoms with Crippen molar-refractivity contribution in [1.29, 1.82) is 0 Å². The van der Waals surface area contributed by atoms with Crippen LogP contribution in [0.4, 0.5) is 5.13 Å². The van der Waals surface area contributed by atoms with Crippen LogP contribution in [0.3, 0.4) is 0 Å². The molecule has 55 heavy (non-hydrogen) atoms. The van der Waals surface area contributed by atoms with Crippen molar-refractivity contribution in [2.24, 2.45) is 20.7 Å². The van der Waals surface area contributed by atoms with Gasteiger partial charge in [0.2, 0.25) is 11.5 Å². The zero-order chi connectivity index (χ0) is 38.9. The largest absolute Gasteiger partial charge is 1.00 e. The van der Waals surface area contributed by atoms with Gasteiger partial charge in [-0.25, -0.2) is 20.4 Å². The standard InChI is InChI=1S/C31H35N11O9S3.Na/c1-15-6-21(42-20(34-15)9-40(14-43)39-42)53-12-31(28(49)50)11-41-25(47)23(26(41)54-13-31)36-24(46)22(17-10-52-29(32)35-17)38-51-30(2,3)27(48)37-33-8-16-4-5-18(44)19(45)7-16;/h4-10,23,26,39,43-45H,11-14H2,1-3H3,(H2,32,35)(H,36,46)(H,37,48)(H,49,50);/q;+1/p-1/t23?,26-,31?;/m1./s1. The quantitative estimate of drug-likeness (QED) is 0.0331. The van der Waals surface area contributed by atoms with Gasteiger partial charge in [0.1, 0.15) is 23.8 Å². The first kappa shape index (κ1) is 41.8. The number of phenolic OH excluding ortho intramolecular Hbond substituents is 2. The Labute approximate surface area is 347 Å². The van der Waals surface area contributed by atoms with Crippen LogP contribution in [0.15, 0.2) is 62.0 Å². The molecule has 0 saturated carbocycles. The van der Waals surface area contributed by atoms with Gasteiger partial charge in [-0.1, -0.05) is 5.16 Å². The molecule has 5 heterocycles. The number of nitrogens with two attached hydrogens (primary N) is 1. The number of β-lactam (4-membered cyclic amide) rings is 1. The summed E-state index contributed by atoms with van der Waals surface area (Å²) in [5.41, 5.74) is 8.62. The number of nitrogens with one attached hydrogen (secondary N) is 3. The van der Waals surface area contributed by atoms with Crippen LogP contribution in [0.2, 0.25) is 0 Å². The van der Waals surface area contributed by atoms with Crippen molar-refractivity contribution in [2.45, 2.75) is 37.8 Å². The number of aromatic nitrogens is 1. The van der Waals surface area contributed by atoms with Crippen molar-refractivity contribution >= 4 is 81.3 Å². The number of aromatic hydroxyl groups is 2. The number of aliphatic hydroxyl groups excluding tert-OH is 1. The number of hydrogen-bond donors (Lipinski definition) is 7. The molecular weight excluding hydrogens is 790 g/mol. The molecule has 20 nitrogen and oxygen atoms in total. The number of carbonyl (C=O) groups excluding carboxylic acids is 4. The van der Waals surface area contributed by atoms with Gasteiger partial charge in [0.05, 0.1) is 23.4 Å². The SMILES string of the molecule is CC1=NC2=CN(CO)NN2C(SCC2(C(=O)[O-])CS[C@@H]3C(NC(=O)C(=NOC(C)(C)C(=O)NN=Cc4ccc(O)c(O)c4)c4csc(N)n4)C(=O)N3C2)=C1.[Na+]. The average Bonchev–Trinajstić information content (AvgIpc) is 3.76. The molecule has 6 rings (SSSR count). The Balaban J connectivity index is 0.00000580. The average molecular weight is 824 g/mol. The number of allylic oxidation sites excluding steroid dienone is 1. The summed E-state index contributed by atoms with van der Waals surface area (Å²) >= 11 is 3.44. The van der Waals surface area contributed by atoms with Crippen molar-refractivity contribution < 1.29 is 74.0 Å². The number of aliphatic carboxylic acids is 1. The van der Waals surface area contributed by atoms with Crippen LogP contribution in [-0.2, 0) is 24.0 Å². The predicted molar refractivity (Wildman–Crippen MR) is 197 cm³/mol. The Morgan fingerprint density at radius 2 is 2.05 bits per heavy atom. The van der Waals surface area contributed by atoms with E-state index in [1.807, 2.05) is 0 Å². The summed E-state index contributed by atoms with van der Waals surface area (Å²) in [5.74, 6) is -3.50. The third kappa shape index (κ3) is 8.88. The van der Waals surface area contributed by atoms with Crippen molar-refractivity contribution in [3.8, 4) is 11.5 Å². The van der Waals surface area contributed by atoms with Gasteiger partial charge >= 0.3 is 29.6 Å². The number of anilines is 1. The number of rotatable bonds is 13. The van der Waals surface area contributed by atoms with E-state index in [1.54, 1.807) is 24.2 Å². The second-order valence-electron chi connectivity index (χ2n) is 12.8. The van der Waals surface area contributed by atoms with Crippen molar-refractivity contribution in [2.75, 3.05) is 30.5 Å². The second-order valence-corrected chi connectivity index (χ2v) is 15.8. The van der Waals surface area contributed by atoms with E-state index in [9.17, 15) is 39.6 Å². The molecule has 2 aromatic rings. The van der Waals surface area contributed by atoms with Gasteiger partial charge in [-0.2, -0.15) is 5.10 Å². The minimum absolute atomic E-state index is 0. The molecule has 2 unspecified atom stereocenters. The number of aliphatic imine (C=N–C) groups is 1. The number of oxime groups is 1. The van der Waals surface area contributed by atoms with E-state index in [0.717, 1.165) is 11.3 Å². The number of carbonyl (C=O) groups is 4. The molecule has 1 aromatic heterocycles. The number of amides is 3. The molecule has 3 amide bonds. The van der Waals surface area contributed by atoms with Crippen LogP contribution < -0.4 is 56.7 Å². The molecule has 4 aliphatic heterocycles. The molecule has 3 atom stereocenters. The molecular formula is C31H34N11NaO9S3. The maximum atomic E-state index is 13.6. The van der Waals surface area contributed by atoms with Gasteiger partial charge in [-0.05, 0) is 50.6 Å². The monoisotopic (exact) mass is 823 g/mol. The van der Waals surface area contributed by atoms with E-state index < -0.39 is 46.1 Å². The van der Waals surface area contributed by atoms with E-state index >= 15 is 0 Å². The van der Waals surface area contributed by atoms with Gasteiger partial charge in [-0.15, -0.1) is 40.4 Å². The third-order valence-corrected chi connectivity index (χ3v) is 11.9. The number of carboxylic acid groups (broad SMARTS) is 1. The van der Waals surface area contributed by atoms with Crippen LogP contribution in [0.1, 0.15) is 32.0 Å². The number of hydrogen-bond acceptors (Lipinski definition) is 20. The van der Waals surface area contributed by atoms with E-state index in [-0.39, 0.29) is 82.4 Å². The van der Waals surface area contributed by atoms with E-state index in [1.165, 1.54) is 77.1 Å². The number of thioether (sulfide) groups is 2. The maximum Gasteiger partial charge on any atom is 1.00 e. The third-order valence-electron chi connectivity index (χ3n) is 8.36. The van der Waals surface area contributed by atoms with Gasteiger partial charge in [0.25, 0.3) is 11.8 Å². The zero-order valence-corrected chi connectivity index (χ0v) is 34.2. The minimum atomic E-state index is -1.68. The predicted octanol–water partition coefficient (Wildman–Crippen LogP) is -4.24. The number of fused-ring (bicyclic) bond motifs is 2. The molecule has 1 aromatic carbocycles. The summed E-state index contributed by atoms with van der Waals surface area (Å²) in [5, 5.41) is 56.3. The Kier molecular flexibility index (Phi) is 12.8.